The molecule has 1 saturated carbocycles. The highest BCUT2D eigenvalue weighted by Gasteiger charge is 2.37. The molecule has 0 spiro atoms. The molecule has 0 aromatic heterocycles. The topological polar surface area (TPSA) is 49.5 Å². The van der Waals surface area contributed by atoms with E-state index in [1.54, 1.807) is 0 Å². The van der Waals surface area contributed by atoms with E-state index in [2.05, 4.69) is 18.7 Å². The van der Waals surface area contributed by atoms with Crippen LogP contribution in [0.25, 0.3) is 0 Å². The second-order valence-corrected chi connectivity index (χ2v) is 5.81. The standard InChI is InChI=1S/C13H26N2O/c1-3-13(16)10-6-11(14)8-15(7-10)12-5-4-9(12)2/h9-13,16H,3-8,14H2,1-2H3. The molecule has 3 N–H and O–H groups in total. The van der Waals surface area contributed by atoms with Gasteiger partial charge in [0.15, 0.2) is 0 Å². The van der Waals surface area contributed by atoms with Crippen molar-refractivity contribution < 1.29 is 5.11 Å². The quantitative estimate of drug-likeness (QED) is 0.760. The van der Waals surface area contributed by atoms with Gasteiger partial charge in [0.25, 0.3) is 0 Å². The lowest BCUT2D eigenvalue weighted by atomic mass is 9.77. The van der Waals surface area contributed by atoms with E-state index in [0.717, 1.165) is 37.9 Å². The minimum atomic E-state index is -0.163. The van der Waals surface area contributed by atoms with E-state index in [-0.39, 0.29) is 12.1 Å². The Hall–Kier alpha value is -0.120. The van der Waals surface area contributed by atoms with Gasteiger partial charge in [-0.05, 0) is 37.5 Å². The van der Waals surface area contributed by atoms with Gasteiger partial charge in [0.05, 0.1) is 6.10 Å². The lowest BCUT2D eigenvalue weighted by Crippen LogP contribution is -2.57. The molecule has 16 heavy (non-hydrogen) atoms. The summed E-state index contributed by atoms with van der Waals surface area (Å²) in [6.45, 7) is 6.47. The largest absolute Gasteiger partial charge is 0.393 e. The van der Waals surface area contributed by atoms with Gasteiger partial charge < -0.3 is 10.8 Å². The number of nitrogens with zero attached hydrogens (tertiary/aromatic N) is 1. The number of likely N-dealkylation sites (tertiary alicyclic amines) is 1. The lowest BCUT2D eigenvalue weighted by Gasteiger charge is -2.48. The maximum Gasteiger partial charge on any atom is 0.0578 e. The number of aliphatic hydroxyl groups excluding tert-OH is 1. The second-order valence-electron chi connectivity index (χ2n) is 5.81. The Morgan fingerprint density at radius 2 is 2.12 bits per heavy atom. The first-order valence-corrected chi connectivity index (χ1v) is 6.79. The van der Waals surface area contributed by atoms with Gasteiger partial charge in [-0.25, -0.2) is 0 Å². The van der Waals surface area contributed by atoms with E-state index in [1.807, 2.05) is 0 Å². The molecule has 2 aliphatic rings. The average molecular weight is 226 g/mol. The first kappa shape index (κ1) is 12.3. The SMILES string of the molecule is CCC(O)C1CC(N)CN(C2CCC2C)C1. The predicted octanol–water partition coefficient (Wildman–Crippen LogP) is 1.20. The Balaban J connectivity index is 1.94. The molecule has 0 bridgehead atoms. The van der Waals surface area contributed by atoms with E-state index < -0.39 is 0 Å². The molecule has 1 aliphatic carbocycles. The van der Waals surface area contributed by atoms with Crippen molar-refractivity contribution in [2.45, 2.75) is 57.7 Å². The molecule has 5 unspecified atom stereocenters. The molecule has 0 aromatic carbocycles. The molecule has 1 heterocycles. The van der Waals surface area contributed by atoms with Crippen LogP contribution in [0.3, 0.4) is 0 Å². The van der Waals surface area contributed by atoms with Crippen LogP contribution >= 0.6 is 0 Å². The molecule has 2 fully saturated rings. The summed E-state index contributed by atoms with van der Waals surface area (Å²) in [6, 6.07) is 0.991. The lowest BCUT2D eigenvalue weighted by molar-refractivity contribution is -0.0110. The summed E-state index contributed by atoms with van der Waals surface area (Å²) in [5, 5.41) is 9.97. The Morgan fingerprint density at radius 3 is 2.62 bits per heavy atom. The molecular formula is C13H26N2O. The van der Waals surface area contributed by atoms with E-state index in [4.69, 9.17) is 5.73 Å². The number of rotatable bonds is 3. The maximum absolute atomic E-state index is 9.97. The predicted molar refractivity (Wildman–Crippen MR) is 66.1 cm³/mol. The zero-order chi connectivity index (χ0) is 11.7. The maximum atomic E-state index is 9.97. The number of hydrogen-bond donors (Lipinski definition) is 2. The van der Waals surface area contributed by atoms with Crippen molar-refractivity contribution in [1.29, 1.82) is 0 Å². The first-order chi connectivity index (χ1) is 7.61. The molecule has 1 saturated heterocycles. The Labute approximate surface area is 99.0 Å². The highest BCUT2D eigenvalue weighted by atomic mass is 16.3. The molecule has 94 valence electrons. The van der Waals surface area contributed by atoms with Crippen LogP contribution in [-0.4, -0.2) is 41.3 Å². The fraction of sp³-hybridized carbons (Fsp3) is 1.00. The van der Waals surface area contributed by atoms with Crippen LogP contribution in [0.15, 0.2) is 0 Å². The smallest absolute Gasteiger partial charge is 0.0578 e. The molecule has 3 heteroatoms. The molecule has 0 amide bonds. The van der Waals surface area contributed by atoms with E-state index in [9.17, 15) is 5.11 Å². The van der Waals surface area contributed by atoms with Crippen molar-refractivity contribution in [2.75, 3.05) is 13.1 Å². The first-order valence-electron chi connectivity index (χ1n) is 6.79. The molecule has 1 aliphatic heterocycles. The van der Waals surface area contributed by atoms with Crippen LogP contribution in [0.5, 0.6) is 0 Å². The summed E-state index contributed by atoms with van der Waals surface area (Å²) < 4.78 is 0. The summed E-state index contributed by atoms with van der Waals surface area (Å²) in [5.74, 6) is 1.21. The molecule has 5 atom stereocenters. The Kier molecular flexibility index (Phi) is 3.88. The van der Waals surface area contributed by atoms with Crippen molar-refractivity contribution in [3.8, 4) is 0 Å². The fourth-order valence-electron chi connectivity index (χ4n) is 3.29. The summed E-state index contributed by atoms with van der Waals surface area (Å²) in [6.07, 6.45) is 4.36. The fourth-order valence-corrected chi connectivity index (χ4v) is 3.29. The monoisotopic (exact) mass is 226 g/mol. The van der Waals surface area contributed by atoms with Gasteiger partial charge >= 0.3 is 0 Å². The van der Waals surface area contributed by atoms with E-state index >= 15 is 0 Å². The molecule has 0 aromatic rings. The highest BCUT2D eigenvalue weighted by molar-refractivity contribution is 4.93. The normalized spacial score (nSPS) is 42.8. The van der Waals surface area contributed by atoms with Crippen molar-refractivity contribution in [1.82, 2.24) is 4.90 Å². The number of piperidine rings is 1. The molecule has 2 rings (SSSR count). The summed E-state index contributed by atoms with van der Waals surface area (Å²) in [4.78, 5) is 2.53. The van der Waals surface area contributed by atoms with Gasteiger partial charge in [-0.2, -0.15) is 0 Å². The van der Waals surface area contributed by atoms with Gasteiger partial charge in [-0.15, -0.1) is 0 Å². The van der Waals surface area contributed by atoms with Gasteiger partial charge in [0.2, 0.25) is 0 Å². The third-order valence-corrected chi connectivity index (χ3v) is 4.55. The zero-order valence-electron chi connectivity index (χ0n) is 10.6. The van der Waals surface area contributed by atoms with Gasteiger partial charge in [0.1, 0.15) is 0 Å². The summed E-state index contributed by atoms with van der Waals surface area (Å²) in [5.41, 5.74) is 6.12. The molecule has 3 nitrogen and oxygen atoms in total. The van der Waals surface area contributed by atoms with Crippen LogP contribution in [0.1, 0.15) is 39.5 Å². The van der Waals surface area contributed by atoms with Crippen molar-refractivity contribution >= 4 is 0 Å². The van der Waals surface area contributed by atoms with Gasteiger partial charge in [-0.3, -0.25) is 4.90 Å². The van der Waals surface area contributed by atoms with Crippen molar-refractivity contribution in [2.24, 2.45) is 17.6 Å². The van der Waals surface area contributed by atoms with Gasteiger partial charge in [-0.1, -0.05) is 13.8 Å². The minimum Gasteiger partial charge on any atom is -0.393 e. The van der Waals surface area contributed by atoms with Gasteiger partial charge in [0, 0.05) is 25.2 Å². The zero-order valence-corrected chi connectivity index (χ0v) is 10.6. The van der Waals surface area contributed by atoms with Crippen LogP contribution < -0.4 is 5.73 Å². The van der Waals surface area contributed by atoms with Crippen LogP contribution in [0.2, 0.25) is 0 Å². The number of nitrogens with two attached hydrogens (primary N) is 1. The third kappa shape index (κ3) is 2.41. The highest BCUT2D eigenvalue weighted by Crippen LogP contribution is 2.34. The van der Waals surface area contributed by atoms with E-state index in [1.165, 1.54) is 12.8 Å². The minimum absolute atomic E-state index is 0.163. The van der Waals surface area contributed by atoms with Crippen LogP contribution in [-0.2, 0) is 0 Å². The average Bonchev–Trinajstić information content (AvgIpc) is 2.25. The molecular weight excluding hydrogens is 200 g/mol. The molecule has 0 radical (unpaired) electrons. The Bertz CT molecular complexity index is 234. The summed E-state index contributed by atoms with van der Waals surface area (Å²) >= 11 is 0. The van der Waals surface area contributed by atoms with Crippen molar-refractivity contribution in [3.63, 3.8) is 0 Å². The third-order valence-electron chi connectivity index (χ3n) is 4.55. The number of hydrogen-bond acceptors (Lipinski definition) is 3. The number of aliphatic hydroxyl groups is 1. The van der Waals surface area contributed by atoms with Crippen LogP contribution in [0, 0.1) is 11.8 Å². The van der Waals surface area contributed by atoms with Crippen LogP contribution in [0.4, 0.5) is 0 Å². The second kappa shape index (κ2) is 5.03. The Morgan fingerprint density at radius 1 is 1.38 bits per heavy atom. The van der Waals surface area contributed by atoms with Crippen molar-refractivity contribution in [3.05, 3.63) is 0 Å². The van der Waals surface area contributed by atoms with E-state index in [0.29, 0.717) is 5.92 Å². The summed E-state index contributed by atoms with van der Waals surface area (Å²) in [7, 11) is 0.